The maximum atomic E-state index is 11.7. The second-order valence-electron chi connectivity index (χ2n) is 7.69. The van der Waals surface area contributed by atoms with Crippen molar-refractivity contribution in [2.45, 2.75) is 13.8 Å². The molecule has 1 aromatic carbocycles. The topological polar surface area (TPSA) is 55.8 Å². The summed E-state index contributed by atoms with van der Waals surface area (Å²) in [5.41, 5.74) is 2.06. The minimum atomic E-state index is 0.137. The van der Waals surface area contributed by atoms with Gasteiger partial charge in [-0.3, -0.25) is 4.79 Å². The van der Waals surface area contributed by atoms with Crippen LogP contribution in [0.15, 0.2) is 36.4 Å². The van der Waals surface area contributed by atoms with Gasteiger partial charge in [0.1, 0.15) is 5.82 Å². The molecule has 154 valence electrons. The van der Waals surface area contributed by atoms with Gasteiger partial charge in [-0.2, -0.15) is 4.98 Å². The fourth-order valence-electron chi connectivity index (χ4n) is 4.00. The molecule has 29 heavy (non-hydrogen) atoms. The lowest BCUT2D eigenvalue weighted by molar-refractivity contribution is -0.129. The molecule has 0 saturated carbocycles. The van der Waals surface area contributed by atoms with Gasteiger partial charge in [-0.1, -0.05) is 37.3 Å². The molecule has 7 nitrogen and oxygen atoms in total. The first-order valence-electron chi connectivity index (χ1n) is 10.6. The number of carbonyl (C=O) groups is 1. The number of amides is 1. The number of nitrogens with zero attached hydrogens (tertiary/aromatic N) is 6. The van der Waals surface area contributed by atoms with Gasteiger partial charge in [-0.05, 0) is 6.54 Å². The summed E-state index contributed by atoms with van der Waals surface area (Å²) in [6, 6.07) is 12.4. The Labute approximate surface area is 172 Å². The largest absolute Gasteiger partial charge is 0.354 e. The number of carbonyl (C=O) groups excluding carboxylic acids is 1. The zero-order chi connectivity index (χ0) is 20.2. The summed E-state index contributed by atoms with van der Waals surface area (Å²) in [6.07, 6.45) is 0. The second kappa shape index (κ2) is 8.78. The van der Waals surface area contributed by atoms with Crippen molar-refractivity contribution in [1.82, 2.24) is 19.8 Å². The highest BCUT2D eigenvalue weighted by Crippen LogP contribution is 2.26. The van der Waals surface area contributed by atoms with Gasteiger partial charge < -0.3 is 19.6 Å². The molecule has 2 saturated heterocycles. The third-order valence-electron chi connectivity index (χ3n) is 5.92. The van der Waals surface area contributed by atoms with E-state index in [9.17, 15) is 4.79 Å². The molecule has 2 fully saturated rings. The maximum absolute atomic E-state index is 11.7. The van der Waals surface area contributed by atoms with E-state index in [1.165, 1.54) is 0 Å². The summed E-state index contributed by atoms with van der Waals surface area (Å²) in [6.45, 7) is 12.0. The van der Waals surface area contributed by atoms with E-state index in [0.717, 1.165) is 81.9 Å². The van der Waals surface area contributed by atoms with E-state index in [1.807, 2.05) is 23.1 Å². The van der Waals surface area contributed by atoms with Gasteiger partial charge in [0.25, 0.3) is 0 Å². The molecule has 0 bridgehead atoms. The number of likely N-dealkylation sites (N-methyl/N-ethyl adjacent to an activating group) is 1. The number of hydrogen-bond donors (Lipinski definition) is 0. The lowest BCUT2D eigenvalue weighted by atomic mass is 10.1. The predicted octanol–water partition coefficient (Wildman–Crippen LogP) is 1.95. The number of aromatic nitrogens is 2. The SMILES string of the molecule is CCN1CCN(c2cc(-c3ccccc3)nc(N3CCN(C(C)=O)CC3)n2)CC1. The molecule has 0 N–H and O–H groups in total. The van der Waals surface area contributed by atoms with Crippen LogP contribution >= 0.6 is 0 Å². The van der Waals surface area contributed by atoms with E-state index in [4.69, 9.17) is 9.97 Å². The average molecular weight is 395 g/mol. The van der Waals surface area contributed by atoms with Gasteiger partial charge in [0, 0.05) is 70.9 Å². The molecule has 4 rings (SSSR count). The Balaban J connectivity index is 1.61. The number of piperazine rings is 2. The molecular weight excluding hydrogens is 364 g/mol. The zero-order valence-corrected chi connectivity index (χ0v) is 17.4. The van der Waals surface area contributed by atoms with Crippen molar-refractivity contribution in [3.8, 4) is 11.3 Å². The van der Waals surface area contributed by atoms with E-state index in [0.29, 0.717) is 0 Å². The van der Waals surface area contributed by atoms with Crippen LogP contribution in [0.25, 0.3) is 11.3 Å². The molecule has 2 aliphatic rings. The normalized spacial score (nSPS) is 18.2. The lowest BCUT2D eigenvalue weighted by Crippen LogP contribution is -2.49. The molecule has 0 unspecified atom stereocenters. The molecule has 0 aliphatic carbocycles. The van der Waals surface area contributed by atoms with Crippen molar-refractivity contribution in [2.24, 2.45) is 0 Å². The zero-order valence-electron chi connectivity index (χ0n) is 17.4. The molecule has 0 atom stereocenters. The minimum Gasteiger partial charge on any atom is -0.354 e. The number of rotatable bonds is 4. The van der Waals surface area contributed by atoms with Gasteiger partial charge in [-0.25, -0.2) is 4.98 Å². The first-order valence-corrected chi connectivity index (χ1v) is 10.6. The van der Waals surface area contributed by atoms with Crippen LogP contribution in [0.3, 0.4) is 0 Å². The van der Waals surface area contributed by atoms with Crippen LogP contribution < -0.4 is 9.80 Å². The summed E-state index contributed by atoms with van der Waals surface area (Å²) in [5.74, 6) is 1.90. The summed E-state index contributed by atoms with van der Waals surface area (Å²) >= 11 is 0. The van der Waals surface area contributed by atoms with Crippen LogP contribution in [0.4, 0.5) is 11.8 Å². The molecule has 0 radical (unpaired) electrons. The van der Waals surface area contributed by atoms with Crippen molar-refractivity contribution in [2.75, 3.05) is 68.7 Å². The van der Waals surface area contributed by atoms with Crippen molar-refractivity contribution < 1.29 is 4.79 Å². The molecule has 7 heteroatoms. The summed E-state index contributed by atoms with van der Waals surface area (Å²) in [7, 11) is 0. The Kier molecular flexibility index (Phi) is 5.94. The van der Waals surface area contributed by atoms with Gasteiger partial charge in [0.05, 0.1) is 5.69 Å². The monoisotopic (exact) mass is 394 g/mol. The second-order valence-corrected chi connectivity index (χ2v) is 7.69. The summed E-state index contributed by atoms with van der Waals surface area (Å²) in [5, 5.41) is 0. The number of benzene rings is 1. The summed E-state index contributed by atoms with van der Waals surface area (Å²) in [4.78, 5) is 30.4. The maximum Gasteiger partial charge on any atom is 0.228 e. The summed E-state index contributed by atoms with van der Waals surface area (Å²) < 4.78 is 0. The minimum absolute atomic E-state index is 0.137. The van der Waals surface area contributed by atoms with E-state index >= 15 is 0 Å². The molecule has 3 heterocycles. The third-order valence-corrected chi connectivity index (χ3v) is 5.92. The molecule has 2 aliphatic heterocycles. The van der Waals surface area contributed by atoms with Crippen molar-refractivity contribution in [3.05, 3.63) is 36.4 Å². The Morgan fingerprint density at radius 2 is 1.55 bits per heavy atom. The molecule has 1 amide bonds. The van der Waals surface area contributed by atoms with Crippen molar-refractivity contribution in [1.29, 1.82) is 0 Å². The van der Waals surface area contributed by atoms with Crippen LogP contribution in [-0.4, -0.2) is 84.6 Å². The average Bonchev–Trinajstić information content (AvgIpc) is 2.79. The highest BCUT2D eigenvalue weighted by atomic mass is 16.2. The van der Waals surface area contributed by atoms with Crippen LogP contribution in [0.1, 0.15) is 13.8 Å². The smallest absolute Gasteiger partial charge is 0.228 e. The fourth-order valence-corrected chi connectivity index (χ4v) is 4.00. The molecule has 2 aromatic rings. The van der Waals surface area contributed by atoms with Crippen molar-refractivity contribution >= 4 is 17.7 Å². The lowest BCUT2D eigenvalue weighted by Gasteiger charge is -2.36. The van der Waals surface area contributed by atoms with E-state index in [1.54, 1.807) is 6.92 Å². The Bertz CT molecular complexity index is 826. The van der Waals surface area contributed by atoms with Gasteiger partial charge in [0.15, 0.2) is 0 Å². The first-order chi connectivity index (χ1) is 14.1. The van der Waals surface area contributed by atoms with E-state index in [2.05, 4.69) is 39.8 Å². The van der Waals surface area contributed by atoms with Crippen LogP contribution in [0.2, 0.25) is 0 Å². The van der Waals surface area contributed by atoms with E-state index < -0.39 is 0 Å². The first kappa shape index (κ1) is 19.6. The quantitative estimate of drug-likeness (QED) is 0.790. The molecule has 0 spiro atoms. The number of anilines is 2. The number of hydrogen-bond acceptors (Lipinski definition) is 6. The standard InChI is InChI=1S/C22H30N6O/c1-3-25-9-11-27(12-10-25)21-17-20(19-7-5-4-6-8-19)23-22(24-21)28-15-13-26(14-16-28)18(2)29/h4-8,17H,3,9-16H2,1-2H3. The highest BCUT2D eigenvalue weighted by molar-refractivity contribution is 5.73. The van der Waals surface area contributed by atoms with E-state index in [-0.39, 0.29) is 5.91 Å². The Hall–Kier alpha value is -2.67. The van der Waals surface area contributed by atoms with Crippen LogP contribution in [-0.2, 0) is 4.79 Å². The molecule has 1 aromatic heterocycles. The van der Waals surface area contributed by atoms with Gasteiger partial charge >= 0.3 is 0 Å². The third kappa shape index (κ3) is 4.50. The van der Waals surface area contributed by atoms with Gasteiger partial charge in [0.2, 0.25) is 11.9 Å². The molecular formula is C22H30N6O. The fraction of sp³-hybridized carbons (Fsp3) is 0.500. The Morgan fingerprint density at radius 1 is 0.897 bits per heavy atom. The highest BCUT2D eigenvalue weighted by Gasteiger charge is 2.23. The predicted molar refractivity (Wildman–Crippen MR) is 116 cm³/mol. The van der Waals surface area contributed by atoms with Crippen LogP contribution in [0.5, 0.6) is 0 Å². The Morgan fingerprint density at radius 3 is 2.17 bits per heavy atom. The van der Waals surface area contributed by atoms with Crippen LogP contribution in [0, 0.1) is 0 Å². The van der Waals surface area contributed by atoms with Gasteiger partial charge in [-0.15, -0.1) is 0 Å². The van der Waals surface area contributed by atoms with Crippen molar-refractivity contribution in [3.63, 3.8) is 0 Å².